The van der Waals surface area contributed by atoms with Crippen LogP contribution in [0.1, 0.15) is 20.8 Å². The topological polar surface area (TPSA) is 52.1 Å². The van der Waals surface area contributed by atoms with Crippen LogP contribution in [0.15, 0.2) is 54.4 Å². The van der Waals surface area contributed by atoms with Gasteiger partial charge in [0.15, 0.2) is 0 Å². The lowest BCUT2D eigenvalue weighted by Gasteiger charge is -2.04. The lowest BCUT2D eigenvalue weighted by molar-refractivity contribution is 0.104. The molecule has 0 atom stereocenters. The third-order valence-corrected chi connectivity index (χ3v) is 4.11. The minimum Gasteiger partial charge on any atom is -0.489 e. The maximum absolute atomic E-state index is 12.3. The van der Waals surface area contributed by atoms with Crippen molar-refractivity contribution >= 4 is 28.7 Å². The number of hydrogen-bond acceptors (Lipinski definition) is 5. The molecule has 0 aliphatic carbocycles. The van der Waals surface area contributed by atoms with Gasteiger partial charge in [-0.2, -0.15) is 0 Å². The summed E-state index contributed by atoms with van der Waals surface area (Å²) < 4.78 is 5.66. The van der Waals surface area contributed by atoms with E-state index in [0.29, 0.717) is 27.8 Å². The van der Waals surface area contributed by atoms with E-state index in [1.54, 1.807) is 12.1 Å². The Bertz CT molecular complexity index is 790. The first-order chi connectivity index (χ1) is 10.7. The molecule has 0 saturated heterocycles. The first-order valence-electron chi connectivity index (χ1n) is 6.48. The fourth-order valence-electron chi connectivity index (χ4n) is 1.85. The van der Waals surface area contributed by atoms with Crippen molar-refractivity contribution in [3.63, 3.8) is 0 Å². The molecule has 1 aromatic carbocycles. The second-order valence-electron chi connectivity index (χ2n) is 4.52. The van der Waals surface area contributed by atoms with Gasteiger partial charge in [0.05, 0.1) is 10.4 Å². The molecule has 0 aliphatic rings. The zero-order valence-electron chi connectivity index (χ0n) is 11.4. The summed E-state index contributed by atoms with van der Waals surface area (Å²) in [6, 6.07) is 9.03. The van der Waals surface area contributed by atoms with Crippen molar-refractivity contribution in [3.8, 4) is 5.75 Å². The Morgan fingerprint density at radius 3 is 2.82 bits per heavy atom. The van der Waals surface area contributed by atoms with Gasteiger partial charge in [0.2, 0.25) is 5.78 Å². The van der Waals surface area contributed by atoms with Crippen molar-refractivity contribution in [2.45, 2.75) is 6.61 Å². The van der Waals surface area contributed by atoms with E-state index in [1.807, 2.05) is 23.6 Å². The molecule has 6 heteroatoms. The summed E-state index contributed by atoms with van der Waals surface area (Å²) in [5.74, 6) is 0.614. The Balaban J connectivity index is 1.68. The van der Waals surface area contributed by atoms with E-state index < -0.39 is 0 Å². The highest BCUT2D eigenvalue weighted by Crippen LogP contribution is 2.22. The Morgan fingerprint density at radius 1 is 1.23 bits per heavy atom. The highest BCUT2D eigenvalue weighted by Gasteiger charge is 2.12. The van der Waals surface area contributed by atoms with E-state index in [-0.39, 0.29) is 5.78 Å². The zero-order chi connectivity index (χ0) is 15.4. The van der Waals surface area contributed by atoms with Crippen molar-refractivity contribution in [3.05, 3.63) is 75.5 Å². The SMILES string of the molecule is O=C(c1cncnc1)c1cc(COc2cccc(Cl)c2)cs1. The molecule has 2 aromatic heterocycles. The van der Waals surface area contributed by atoms with Crippen LogP contribution < -0.4 is 4.74 Å². The third kappa shape index (κ3) is 3.50. The third-order valence-electron chi connectivity index (χ3n) is 2.90. The molecule has 110 valence electrons. The largest absolute Gasteiger partial charge is 0.489 e. The molecule has 4 nitrogen and oxygen atoms in total. The molecular formula is C16H11ClN2O2S. The van der Waals surface area contributed by atoms with Crippen LogP contribution in [0.4, 0.5) is 0 Å². The van der Waals surface area contributed by atoms with Crippen LogP contribution >= 0.6 is 22.9 Å². The van der Waals surface area contributed by atoms with Gasteiger partial charge >= 0.3 is 0 Å². The molecule has 0 fully saturated rings. The molecule has 0 radical (unpaired) electrons. The number of thiophene rings is 1. The van der Waals surface area contributed by atoms with Gasteiger partial charge in [-0.1, -0.05) is 17.7 Å². The molecule has 0 aliphatic heterocycles. The summed E-state index contributed by atoms with van der Waals surface area (Å²) in [6.45, 7) is 0.384. The van der Waals surface area contributed by atoms with E-state index in [9.17, 15) is 4.79 Å². The number of carbonyl (C=O) groups excluding carboxylic acids is 1. The van der Waals surface area contributed by atoms with Gasteiger partial charge in [-0.05, 0) is 29.6 Å². The molecule has 3 rings (SSSR count). The van der Waals surface area contributed by atoms with Gasteiger partial charge in [0.25, 0.3) is 0 Å². The number of rotatable bonds is 5. The second kappa shape index (κ2) is 6.68. The molecule has 0 N–H and O–H groups in total. The Morgan fingerprint density at radius 2 is 2.05 bits per heavy atom. The first kappa shape index (κ1) is 14.7. The first-order valence-corrected chi connectivity index (χ1v) is 7.73. The van der Waals surface area contributed by atoms with E-state index in [2.05, 4.69) is 9.97 Å². The highest BCUT2D eigenvalue weighted by atomic mass is 35.5. The number of hydrogen-bond donors (Lipinski definition) is 0. The Hall–Kier alpha value is -2.24. The van der Waals surface area contributed by atoms with Crippen LogP contribution in [0.25, 0.3) is 0 Å². The summed E-state index contributed by atoms with van der Waals surface area (Å²) in [6.07, 6.45) is 4.42. The molecule has 0 saturated carbocycles. The van der Waals surface area contributed by atoms with Gasteiger partial charge in [0, 0.05) is 23.0 Å². The molecule has 3 aromatic rings. The van der Waals surface area contributed by atoms with Gasteiger partial charge < -0.3 is 4.74 Å². The monoisotopic (exact) mass is 330 g/mol. The predicted molar refractivity (Wildman–Crippen MR) is 85.6 cm³/mol. The number of benzene rings is 1. The van der Waals surface area contributed by atoms with Gasteiger partial charge in [-0.25, -0.2) is 9.97 Å². The van der Waals surface area contributed by atoms with Crippen LogP contribution in [0.2, 0.25) is 5.02 Å². The minimum absolute atomic E-state index is 0.0837. The quantitative estimate of drug-likeness (QED) is 0.663. The number of halogens is 1. The van der Waals surface area contributed by atoms with Crippen molar-refractivity contribution in [1.29, 1.82) is 0 Å². The number of ether oxygens (including phenoxy) is 1. The van der Waals surface area contributed by atoms with Crippen LogP contribution in [0.5, 0.6) is 5.75 Å². The van der Waals surface area contributed by atoms with Gasteiger partial charge in [0.1, 0.15) is 18.7 Å². The standard InChI is InChI=1S/C16H11ClN2O2S/c17-13-2-1-3-14(5-13)21-8-11-4-15(22-9-11)16(20)12-6-18-10-19-7-12/h1-7,9-10H,8H2. The maximum Gasteiger partial charge on any atom is 0.206 e. The van der Waals surface area contributed by atoms with Crippen molar-refractivity contribution in [2.24, 2.45) is 0 Å². The smallest absolute Gasteiger partial charge is 0.206 e. The number of nitrogens with zero attached hydrogens (tertiary/aromatic N) is 2. The van der Waals surface area contributed by atoms with Crippen LogP contribution in [0, 0.1) is 0 Å². The normalized spacial score (nSPS) is 10.4. The molecule has 0 spiro atoms. The van der Waals surface area contributed by atoms with E-state index in [4.69, 9.17) is 16.3 Å². The van der Waals surface area contributed by atoms with E-state index in [0.717, 1.165) is 5.56 Å². The maximum atomic E-state index is 12.3. The number of carbonyl (C=O) groups is 1. The zero-order valence-corrected chi connectivity index (χ0v) is 13.0. The van der Waals surface area contributed by atoms with E-state index in [1.165, 1.54) is 30.1 Å². The van der Waals surface area contributed by atoms with E-state index >= 15 is 0 Å². The van der Waals surface area contributed by atoms with Crippen molar-refractivity contribution in [2.75, 3.05) is 0 Å². The summed E-state index contributed by atoms with van der Waals surface area (Å²) >= 11 is 7.29. The van der Waals surface area contributed by atoms with Crippen LogP contribution in [0.3, 0.4) is 0 Å². The fourth-order valence-corrected chi connectivity index (χ4v) is 2.89. The predicted octanol–water partition coefficient (Wildman–Crippen LogP) is 4.00. The molecule has 0 bridgehead atoms. The molecule has 0 amide bonds. The van der Waals surface area contributed by atoms with Crippen molar-refractivity contribution in [1.82, 2.24) is 9.97 Å². The minimum atomic E-state index is -0.0837. The fraction of sp³-hybridized carbons (Fsp3) is 0.0625. The lowest BCUT2D eigenvalue weighted by Crippen LogP contribution is -2.00. The van der Waals surface area contributed by atoms with Crippen molar-refractivity contribution < 1.29 is 9.53 Å². The van der Waals surface area contributed by atoms with Gasteiger partial charge in [-0.3, -0.25) is 4.79 Å². The molecule has 0 unspecified atom stereocenters. The summed E-state index contributed by atoms with van der Waals surface area (Å²) in [7, 11) is 0. The molecule has 22 heavy (non-hydrogen) atoms. The highest BCUT2D eigenvalue weighted by molar-refractivity contribution is 7.12. The van der Waals surface area contributed by atoms with Crippen LogP contribution in [-0.2, 0) is 6.61 Å². The van der Waals surface area contributed by atoms with Gasteiger partial charge in [-0.15, -0.1) is 11.3 Å². The molecular weight excluding hydrogens is 320 g/mol. The Kier molecular flexibility index (Phi) is 4.46. The summed E-state index contributed by atoms with van der Waals surface area (Å²) in [4.78, 5) is 20.6. The Labute approximate surface area is 136 Å². The average molecular weight is 331 g/mol. The summed E-state index contributed by atoms with van der Waals surface area (Å²) in [5, 5.41) is 2.53. The lowest BCUT2D eigenvalue weighted by atomic mass is 10.2. The average Bonchev–Trinajstić information content (AvgIpc) is 3.02. The molecule has 2 heterocycles. The number of aromatic nitrogens is 2. The summed E-state index contributed by atoms with van der Waals surface area (Å²) in [5.41, 5.74) is 1.41. The van der Waals surface area contributed by atoms with Crippen LogP contribution in [-0.4, -0.2) is 15.8 Å². The number of ketones is 1. The second-order valence-corrected chi connectivity index (χ2v) is 5.87.